The van der Waals surface area contributed by atoms with Crippen LogP contribution in [0.5, 0.6) is 0 Å². The molecule has 0 aliphatic carbocycles. The monoisotopic (exact) mass is 393 g/mol. The molecule has 3 aromatic rings. The number of benzene rings is 1. The molecule has 152 valence electrons. The third kappa shape index (κ3) is 3.87. The molecule has 1 fully saturated rings. The van der Waals surface area contributed by atoms with Gasteiger partial charge in [-0.25, -0.2) is 19.4 Å². The third-order valence-electron chi connectivity index (χ3n) is 5.12. The van der Waals surface area contributed by atoms with Crippen molar-refractivity contribution in [2.45, 2.75) is 26.7 Å². The number of hydrogen-bond acceptors (Lipinski definition) is 5. The summed E-state index contributed by atoms with van der Waals surface area (Å²) in [5.74, 6) is 1.75. The molecular weight excluding hydrogens is 366 g/mol. The van der Waals surface area contributed by atoms with Crippen molar-refractivity contribution >= 4 is 22.9 Å². The molecule has 0 spiro atoms. The molecule has 3 heterocycles. The lowest BCUT2D eigenvalue weighted by Crippen LogP contribution is -2.52. The zero-order valence-corrected chi connectivity index (χ0v) is 17.0. The van der Waals surface area contributed by atoms with E-state index >= 15 is 0 Å². The number of carbonyl (C=O) groups is 1. The van der Waals surface area contributed by atoms with Gasteiger partial charge in [-0.05, 0) is 25.5 Å². The van der Waals surface area contributed by atoms with Crippen LogP contribution >= 0.6 is 0 Å². The second kappa shape index (κ2) is 8.46. The number of rotatable bonds is 5. The number of amides is 2. The van der Waals surface area contributed by atoms with Gasteiger partial charge in [-0.1, -0.05) is 25.1 Å². The summed E-state index contributed by atoms with van der Waals surface area (Å²) in [7, 11) is 0. The van der Waals surface area contributed by atoms with Crippen molar-refractivity contribution in [3.05, 3.63) is 42.4 Å². The van der Waals surface area contributed by atoms with E-state index in [4.69, 9.17) is 9.97 Å². The Kier molecular flexibility index (Phi) is 5.59. The van der Waals surface area contributed by atoms with E-state index in [0.717, 1.165) is 54.3 Å². The fourth-order valence-electron chi connectivity index (χ4n) is 3.66. The lowest BCUT2D eigenvalue weighted by atomic mass is 10.2. The summed E-state index contributed by atoms with van der Waals surface area (Å²) in [6.07, 6.45) is 3.65. The van der Waals surface area contributed by atoms with Crippen molar-refractivity contribution in [2.75, 3.05) is 37.6 Å². The first-order valence-electron chi connectivity index (χ1n) is 10.3. The lowest BCUT2D eigenvalue weighted by Gasteiger charge is -2.35. The smallest absolute Gasteiger partial charge is 0.317 e. The molecule has 0 atom stereocenters. The first kappa shape index (κ1) is 19.2. The third-order valence-corrected chi connectivity index (χ3v) is 5.12. The molecule has 0 unspecified atom stereocenters. The number of para-hydroxylation sites is 1. The predicted octanol–water partition coefficient (Wildman–Crippen LogP) is 2.62. The van der Waals surface area contributed by atoms with E-state index in [2.05, 4.69) is 22.2 Å². The Morgan fingerprint density at radius 2 is 1.83 bits per heavy atom. The second-order valence-electron chi connectivity index (χ2n) is 7.15. The number of aromatic nitrogens is 4. The van der Waals surface area contributed by atoms with E-state index in [1.165, 1.54) is 0 Å². The number of aryl methyl sites for hydroxylation is 1. The average Bonchev–Trinajstić information content (AvgIpc) is 3.18. The van der Waals surface area contributed by atoms with Gasteiger partial charge in [0.2, 0.25) is 0 Å². The highest BCUT2D eigenvalue weighted by atomic mass is 16.2. The molecule has 0 saturated carbocycles. The molecule has 0 bridgehead atoms. The number of carbonyl (C=O) groups excluding carboxylic acids is 1. The first-order valence-corrected chi connectivity index (χ1v) is 10.3. The van der Waals surface area contributed by atoms with E-state index in [9.17, 15) is 4.79 Å². The molecule has 4 rings (SSSR count). The molecule has 29 heavy (non-hydrogen) atoms. The second-order valence-corrected chi connectivity index (χ2v) is 7.15. The number of nitrogens with one attached hydrogen (secondary N) is 1. The minimum atomic E-state index is 0.00329. The summed E-state index contributed by atoms with van der Waals surface area (Å²) in [4.78, 5) is 25.9. The normalized spacial score (nSPS) is 14.4. The van der Waals surface area contributed by atoms with Gasteiger partial charge >= 0.3 is 6.03 Å². The molecule has 2 aromatic heterocycles. The van der Waals surface area contributed by atoms with Crippen LogP contribution in [0.25, 0.3) is 16.7 Å². The average molecular weight is 393 g/mol. The summed E-state index contributed by atoms with van der Waals surface area (Å²) in [6.45, 7) is 7.54. The van der Waals surface area contributed by atoms with Crippen LogP contribution in [0.4, 0.5) is 10.6 Å². The Bertz CT molecular complexity index is 977. The molecule has 1 aromatic carbocycles. The first-order chi connectivity index (χ1) is 14.2. The molecule has 1 saturated heterocycles. The number of fused-ring (bicyclic) bond motifs is 1. The molecule has 1 aliphatic heterocycles. The van der Waals surface area contributed by atoms with E-state index in [0.29, 0.717) is 19.6 Å². The van der Waals surface area contributed by atoms with E-state index in [-0.39, 0.29) is 6.03 Å². The lowest BCUT2D eigenvalue weighted by molar-refractivity contribution is 0.195. The van der Waals surface area contributed by atoms with Gasteiger partial charge in [0.1, 0.15) is 11.6 Å². The number of hydrogen-bond donors (Lipinski definition) is 1. The van der Waals surface area contributed by atoms with Crippen molar-refractivity contribution in [1.82, 2.24) is 30.0 Å². The topological polar surface area (TPSA) is 79.2 Å². The zero-order valence-electron chi connectivity index (χ0n) is 17.0. The summed E-state index contributed by atoms with van der Waals surface area (Å²) in [5, 5.41) is 8.42. The summed E-state index contributed by atoms with van der Waals surface area (Å²) in [5.41, 5.74) is 1.81. The van der Waals surface area contributed by atoms with E-state index in [1.807, 2.05) is 53.0 Å². The number of nitrogens with zero attached hydrogens (tertiary/aromatic N) is 6. The van der Waals surface area contributed by atoms with Gasteiger partial charge in [0.15, 0.2) is 5.65 Å². The highest BCUT2D eigenvalue weighted by Crippen LogP contribution is 2.27. The quantitative estimate of drug-likeness (QED) is 0.721. The fourth-order valence-corrected chi connectivity index (χ4v) is 3.66. The summed E-state index contributed by atoms with van der Waals surface area (Å²) >= 11 is 0. The van der Waals surface area contributed by atoms with Gasteiger partial charge in [0.05, 0.1) is 17.3 Å². The molecule has 8 nitrogen and oxygen atoms in total. The number of anilines is 1. The molecule has 2 amide bonds. The summed E-state index contributed by atoms with van der Waals surface area (Å²) < 4.78 is 1.88. The van der Waals surface area contributed by atoms with Crippen LogP contribution in [-0.4, -0.2) is 63.4 Å². The minimum Gasteiger partial charge on any atom is -0.352 e. The largest absolute Gasteiger partial charge is 0.352 e. The van der Waals surface area contributed by atoms with E-state index in [1.54, 1.807) is 0 Å². The Morgan fingerprint density at radius 1 is 1.07 bits per heavy atom. The fraction of sp³-hybridized carbons (Fsp3) is 0.429. The van der Waals surface area contributed by atoms with Crippen molar-refractivity contribution in [3.63, 3.8) is 0 Å². The van der Waals surface area contributed by atoms with Crippen molar-refractivity contribution in [2.24, 2.45) is 0 Å². The Labute approximate surface area is 170 Å². The van der Waals surface area contributed by atoms with Crippen LogP contribution < -0.4 is 10.2 Å². The van der Waals surface area contributed by atoms with Gasteiger partial charge in [0.25, 0.3) is 0 Å². The maximum atomic E-state index is 12.1. The van der Waals surface area contributed by atoms with Gasteiger partial charge in [-0.15, -0.1) is 0 Å². The van der Waals surface area contributed by atoms with Gasteiger partial charge in [-0.3, -0.25) is 0 Å². The molecular formula is C21H27N7O. The van der Waals surface area contributed by atoms with Gasteiger partial charge in [0, 0.05) is 39.1 Å². The van der Waals surface area contributed by atoms with Crippen LogP contribution in [-0.2, 0) is 6.42 Å². The van der Waals surface area contributed by atoms with Crippen LogP contribution in [0, 0.1) is 0 Å². The molecule has 0 radical (unpaired) electrons. The van der Waals surface area contributed by atoms with Crippen LogP contribution in [0.1, 0.15) is 26.1 Å². The predicted molar refractivity (Wildman–Crippen MR) is 114 cm³/mol. The molecule has 1 N–H and O–H groups in total. The van der Waals surface area contributed by atoms with Gasteiger partial charge in [-0.2, -0.15) is 5.10 Å². The SMILES string of the molecule is CCCc1nc(N2CCN(C(=O)NCC)CC2)c2cnn(-c3ccccc3)c2n1. The van der Waals surface area contributed by atoms with E-state index < -0.39 is 0 Å². The minimum absolute atomic E-state index is 0.00329. The van der Waals surface area contributed by atoms with Crippen molar-refractivity contribution in [3.8, 4) is 5.69 Å². The highest BCUT2D eigenvalue weighted by molar-refractivity contribution is 5.88. The van der Waals surface area contributed by atoms with Crippen LogP contribution in [0.15, 0.2) is 36.5 Å². The molecule has 8 heteroatoms. The Hall–Kier alpha value is -3.16. The summed E-state index contributed by atoms with van der Waals surface area (Å²) in [6, 6.07) is 10.0. The Morgan fingerprint density at radius 3 is 2.52 bits per heavy atom. The Balaban J connectivity index is 1.67. The number of urea groups is 1. The van der Waals surface area contributed by atoms with Crippen LogP contribution in [0.3, 0.4) is 0 Å². The number of piperazine rings is 1. The van der Waals surface area contributed by atoms with Crippen molar-refractivity contribution < 1.29 is 4.79 Å². The van der Waals surface area contributed by atoms with Gasteiger partial charge < -0.3 is 15.1 Å². The van der Waals surface area contributed by atoms with Crippen molar-refractivity contribution in [1.29, 1.82) is 0 Å². The zero-order chi connectivity index (χ0) is 20.2. The maximum absolute atomic E-state index is 12.1. The van der Waals surface area contributed by atoms with Crippen LogP contribution in [0.2, 0.25) is 0 Å². The standard InChI is InChI=1S/C21H27N7O/c1-3-8-18-24-19(26-11-13-27(14-12-26)21(29)22-4-2)17-15-23-28(20(17)25-18)16-9-6-5-7-10-16/h5-7,9-10,15H,3-4,8,11-14H2,1-2H3,(H,22,29). The molecule has 1 aliphatic rings. The highest BCUT2D eigenvalue weighted by Gasteiger charge is 2.24. The maximum Gasteiger partial charge on any atom is 0.317 e.